The summed E-state index contributed by atoms with van der Waals surface area (Å²) in [6, 6.07) is 3.41. The lowest BCUT2D eigenvalue weighted by atomic mass is 10.1. The summed E-state index contributed by atoms with van der Waals surface area (Å²) in [4.78, 5) is 11.6. The number of para-hydroxylation sites is 1. The smallest absolute Gasteiger partial charge is 0.228 e. The van der Waals surface area contributed by atoms with Crippen LogP contribution in [0.1, 0.15) is 13.3 Å². The van der Waals surface area contributed by atoms with Crippen LogP contribution in [-0.2, 0) is 4.79 Å². The van der Waals surface area contributed by atoms with Crippen molar-refractivity contribution in [3.8, 4) is 0 Å². The quantitative estimate of drug-likeness (QED) is 0.826. The minimum atomic E-state index is -0.791. The zero-order chi connectivity index (χ0) is 12.1. The predicted molar refractivity (Wildman–Crippen MR) is 57.8 cm³/mol. The number of halogens is 2. The minimum Gasteiger partial charge on any atom is -0.330 e. The van der Waals surface area contributed by atoms with Gasteiger partial charge in [-0.2, -0.15) is 0 Å². The molecule has 3 N–H and O–H groups in total. The first-order valence-corrected chi connectivity index (χ1v) is 5.05. The van der Waals surface area contributed by atoms with E-state index in [0.29, 0.717) is 6.42 Å². The lowest BCUT2D eigenvalue weighted by molar-refractivity contribution is -0.119. The Morgan fingerprint density at radius 2 is 2.00 bits per heavy atom. The average Bonchev–Trinajstić information content (AvgIpc) is 2.25. The second kappa shape index (κ2) is 5.55. The van der Waals surface area contributed by atoms with E-state index >= 15 is 0 Å². The maximum absolute atomic E-state index is 13.2. The van der Waals surface area contributed by atoms with Crippen molar-refractivity contribution in [2.75, 3.05) is 11.9 Å². The molecule has 1 aromatic rings. The average molecular weight is 228 g/mol. The fourth-order valence-electron chi connectivity index (χ4n) is 1.30. The molecule has 1 aromatic carbocycles. The minimum absolute atomic E-state index is 0.151. The van der Waals surface area contributed by atoms with Crippen molar-refractivity contribution in [1.82, 2.24) is 0 Å². The summed E-state index contributed by atoms with van der Waals surface area (Å²) in [7, 11) is 0. The number of anilines is 1. The molecule has 1 amide bonds. The SMILES string of the molecule is CCC(CN)C(=O)Nc1c(F)cccc1F. The predicted octanol–water partition coefficient (Wildman–Crippen LogP) is 1.89. The number of carbonyl (C=O) groups is 1. The van der Waals surface area contributed by atoms with Gasteiger partial charge in [-0.3, -0.25) is 4.79 Å². The molecule has 0 heterocycles. The molecule has 3 nitrogen and oxygen atoms in total. The summed E-state index contributed by atoms with van der Waals surface area (Å²) in [5.41, 5.74) is 4.95. The van der Waals surface area contributed by atoms with E-state index in [4.69, 9.17) is 5.73 Å². The third-order valence-electron chi connectivity index (χ3n) is 2.36. The Morgan fingerprint density at radius 3 is 2.44 bits per heavy atom. The molecule has 0 aliphatic rings. The van der Waals surface area contributed by atoms with E-state index < -0.39 is 29.1 Å². The third-order valence-corrected chi connectivity index (χ3v) is 2.36. The molecule has 88 valence electrons. The number of carbonyl (C=O) groups excluding carboxylic acids is 1. The van der Waals surface area contributed by atoms with Crippen LogP contribution in [0.25, 0.3) is 0 Å². The lowest BCUT2D eigenvalue weighted by Gasteiger charge is -2.13. The molecule has 0 saturated carbocycles. The van der Waals surface area contributed by atoms with Gasteiger partial charge in [0.05, 0.1) is 5.92 Å². The first-order chi connectivity index (χ1) is 7.60. The Hall–Kier alpha value is -1.49. The molecule has 0 aromatic heterocycles. The van der Waals surface area contributed by atoms with Gasteiger partial charge in [0, 0.05) is 6.54 Å². The molecule has 0 aliphatic carbocycles. The first-order valence-electron chi connectivity index (χ1n) is 5.05. The van der Waals surface area contributed by atoms with Crippen LogP contribution in [0.3, 0.4) is 0 Å². The van der Waals surface area contributed by atoms with Crippen LogP contribution >= 0.6 is 0 Å². The number of amides is 1. The van der Waals surface area contributed by atoms with Gasteiger partial charge in [0.15, 0.2) is 0 Å². The van der Waals surface area contributed by atoms with E-state index in [9.17, 15) is 13.6 Å². The van der Waals surface area contributed by atoms with E-state index in [-0.39, 0.29) is 6.54 Å². The maximum atomic E-state index is 13.2. The molecule has 1 atom stereocenters. The van der Waals surface area contributed by atoms with Crippen LogP contribution in [0.5, 0.6) is 0 Å². The van der Waals surface area contributed by atoms with Gasteiger partial charge in [0.25, 0.3) is 0 Å². The number of nitrogens with two attached hydrogens (primary N) is 1. The Morgan fingerprint density at radius 1 is 1.44 bits per heavy atom. The van der Waals surface area contributed by atoms with E-state index in [2.05, 4.69) is 5.32 Å². The summed E-state index contributed by atoms with van der Waals surface area (Å²) < 4.78 is 26.4. The van der Waals surface area contributed by atoms with Crippen molar-refractivity contribution in [2.45, 2.75) is 13.3 Å². The van der Waals surface area contributed by atoms with Gasteiger partial charge in [-0.25, -0.2) is 8.78 Å². The van der Waals surface area contributed by atoms with E-state index in [1.807, 2.05) is 0 Å². The summed E-state index contributed by atoms with van der Waals surface area (Å²) >= 11 is 0. The Bertz CT molecular complexity index is 358. The van der Waals surface area contributed by atoms with Gasteiger partial charge in [0.2, 0.25) is 5.91 Å². The number of hydrogen-bond acceptors (Lipinski definition) is 2. The molecule has 0 bridgehead atoms. The zero-order valence-electron chi connectivity index (χ0n) is 8.97. The van der Waals surface area contributed by atoms with Crippen molar-refractivity contribution in [3.63, 3.8) is 0 Å². The fourth-order valence-corrected chi connectivity index (χ4v) is 1.30. The summed E-state index contributed by atoms with van der Waals surface area (Å²) in [5, 5.41) is 2.21. The molecular formula is C11H14F2N2O. The molecule has 5 heteroatoms. The largest absolute Gasteiger partial charge is 0.330 e. The lowest BCUT2D eigenvalue weighted by Crippen LogP contribution is -2.29. The van der Waals surface area contributed by atoms with Gasteiger partial charge < -0.3 is 11.1 Å². The van der Waals surface area contributed by atoms with Crippen molar-refractivity contribution in [2.24, 2.45) is 11.7 Å². The topological polar surface area (TPSA) is 55.1 Å². The number of benzene rings is 1. The van der Waals surface area contributed by atoms with E-state index in [1.165, 1.54) is 6.07 Å². The Balaban J connectivity index is 2.84. The molecule has 0 fully saturated rings. The molecule has 0 saturated heterocycles. The molecule has 0 aliphatic heterocycles. The van der Waals surface area contributed by atoms with Gasteiger partial charge in [-0.1, -0.05) is 13.0 Å². The van der Waals surface area contributed by atoms with Crippen molar-refractivity contribution >= 4 is 11.6 Å². The van der Waals surface area contributed by atoms with Crippen LogP contribution in [-0.4, -0.2) is 12.5 Å². The first kappa shape index (κ1) is 12.6. The molecule has 1 rings (SSSR count). The second-order valence-corrected chi connectivity index (χ2v) is 3.43. The normalized spacial score (nSPS) is 12.2. The van der Waals surface area contributed by atoms with Crippen molar-refractivity contribution in [3.05, 3.63) is 29.8 Å². The van der Waals surface area contributed by atoms with Crippen LogP contribution in [0.2, 0.25) is 0 Å². The van der Waals surface area contributed by atoms with Crippen LogP contribution < -0.4 is 11.1 Å². The number of hydrogen-bond donors (Lipinski definition) is 2. The van der Waals surface area contributed by atoms with E-state index in [0.717, 1.165) is 12.1 Å². The fraction of sp³-hybridized carbons (Fsp3) is 0.364. The second-order valence-electron chi connectivity index (χ2n) is 3.43. The van der Waals surface area contributed by atoms with Crippen LogP contribution in [0, 0.1) is 17.6 Å². The number of nitrogens with one attached hydrogen (secondary N) is 1. The molecule has 16 heavy (non-hydrogen) atoms. The number of rotatable bonds is 4. The highest BCUT2D eigenvalue weighted by molar-refractivity contribution is 5.92. The highest BCUT2D eigenvalue weighted by atomic mass is 19.1. The molecule has 0 radical (unpaired) electrons. The Kier molecular flexibility index (Phi) is 4.37. The molecular weight excluding hydrogens is 214 g/mol. The maximum Gasteiger partial charge on any atom is 0.228 e. The Labute approximate surface area is 92.6 Å². The summed E-state index contributed by atoms with van der Waals surface area (Å²) in [5.74, 6) is -2.48. The van der Waals surface area contributed by atoms with Crippen molar-refractivity contribution < 1.29 is 13.6 Å². The summed E-state index contributed by atoms with van der Waals surface area (Å²) in [6.45, 7) is 1.94. The zero-order valence-corrected chi connectivity index (χ0v) is 8.97. The van der Waals surface area contributed by atoms with Gasteiger partial charge in [-0.15, -0.1) is 0 Å². The third kappa shape index (κ3) is 2.76. The standard InChI is InChI=1S/C11H14F2N2O/c1-2-7(6-14)11(16)15-10-8(12)4-3-5-9(10)13/h3-5,7H,2,6,14H2,1H3,(H,15,16). The van der Waals surface area contributed by atoms with Gasteiger partial charge in [0.1, 0.15) is 17.3 Å². The van der Waals surface area contributed by atoms with Crippen LogP contribution in [0.15, 0.2) is 18.2 Å². The summed E-state index contributed by atoms with van der Waals surface area (Å²) in [6.07, 6.45) is 0.526. The van der Waals surface area contributed by atoms with Crippen LogP contribution in [0.4, 0.5) is 14.5 Å². The van der Waals surface area contributed by atoms with Crippen molar-refractivity contribution in [1.29, 1.82) is 0 Å². The monoisotopic (exact) mass is 228 g/mol. The highest BCUT2D eigenvalue weighted by Crippen LogP contribution is 2.19. The van der Waals surface area contributed by atoms with Gasteiger partial charge in [-0.05, 0) is 18.6 Å². The van der Waals surface area contributed by atoms with E-state index in [1.54, 1.807) is 6.92 Å². The highest BCUT2D eigenvalue weighted by Gasteiger charge is 2.18. The van der Waals surface area contributed by atoms with Gasteiger partial charge >= 0.3 is 0 Å². The molecule has 0 spiro atoms. The molecule has 1 unspecified atom stereocenters.